The van der Waals surface area contributed by atoms with E-state index >= 15 is 0 Å². The number of aliphatic hydroxyl groups excluding tert-OH is 1. The Labute approximate surface area is 469 Å². The summed E-state index contributed by atoms with van der Waals surface area (Å²) in [7, 11) is 0. The van der Waals surface area contributed by atoms with Crippen molar-refractivity contribution < 1.29 is 75.7 Å². The summed E-state index contributed by atoms with van der Waals surface area (Å²) in [5, 5.41) is 10.7. The van der Waals surface area contributed by atoms with E-state index in [-0.39, 0.29) is 70.8 Å². The van der Waals surface area contributed by atoms with E-state index in [0.29, 0.717) is 37.6 Å². The third-order valence-corrected chi connectivity index (χ3v) is 17.5. The topological polar surface area (TPSA) is 311 Å². The van der Waals surface area contributed by atoms with Gasteiger partial charge in [-0.3, -0.25) is 9.13 Å². The lowest BCUT2D eigenvalue weighted by atomic mass is 9.50. The molecule has 8 saturated carbocycles. The number of nitrogen functional groups attached to an aromatic ring is 2. The lowest BCUT2D eigenvalue weighted by Gasteiger charge is -2.56. The normalized spacial score (nSPS) is 33.5. The molecule has 8 aliphatic carbocycles. The molecule has 10 aliphatic rings. The molecule has 0 spiro atoms. The van der Waals surface area contributed by atoms with Crippen LogP contribution in [0, 0.1) is 83.2 Å². The fourth-order valence-corrected chi connectivity index (χ4v) is 15.1. The fourth-order valence-electron chi connectivity index (χ4n) is 15.0. The molecule has 0 unspecified atom stereocenters. The minimum Gasteiger partial charge on any atom is -0.454 e. The quantitative estimate of drug-likeness (QED) is 0.0379. The molecule has 436 valence electrons. The number of hydrogen-bond acceptors (Lipinski definition) is 22. The predicted octanol–water partition coefficient (Wildman–Crippen LogP) is 7.70. The van der Waals surface area contributed by atoms with Crippen LogP contribution in [0.15, 0.2) is 12.7 Å². The maximum Gasteiger partial charge on any atom is 0.508 e. The first-order valence-corrected chi connectivity index (χ1v) is 27.7. The summed E-state index contributed by atoms with van der Waals surface area (Å²) in [6.07, 6.45) is 20.0. The zero-order valence-corrected chi connectivity index (χ0v) is 45.6. The van der Waals surface area contributed by atoms with E-state index in [1.54, 1.807) is 13.8 Å². The Bertz CT molecular complexity index is 3040. The number of carbonyl (C=O) groups excluding carboxylic acids is 4. The summed E-state index contributed by atoms with van der Waals surface area (Å²) in [4.78, 5) is 69.8. The number of fused-ring (bicyclic) bond motifs is 2. The molecule has 27 heteroatoms. The predicted molar refractivity (Wildman–Crippen MR) is 279 cm³/mol. The fraction of sp³-hybridized carbons (Fsp3) is 0.667. The van der Waals surface area contributed by atoms with Crippen LogP contribution < -0.4 is 11.5 Å². The number of halogens is 3. The van der Waals surface area contributed by atoms with Gasteiger partial charge in [-0.15, -0.1) is 12.8 Å². The Morgan fingerprint density at radius 3 is 1.41 bits per heavy atom. The van der Waals surface area contributed by atoms with Gasteiger partial charge in [0.25, 0.3) is 0 Å². The van der Waals surface area contributed by atoms with Crippen molar-refractivity contribution in [2.45, 2.75) is 140 Å². The molecular formula is C54H65ClF2N10O14. The van der Waals surface area contributed by atoms with E-state index in [1.165, 1.54) is 60.3 Å². The van der Waals surface area contributed by atoms with Gasteiger partial charge >= 0.3 is 36.1 Å². The van der Waals surface area contributed by atoms with E-state index in [0.717, 1.165) is 56.3 Å². The summed E-state index contributed by atoms with van der Waals surface area (Å²) in [5.41, 5.74) is 8.09. The molecule has 4 aromatic heterocycles. The number of terminal acetylenes is 2. The Morgan fingerprint density at radius 2 is 1.01 bits per heavy atom. The second kappa shape index (κ2) is 23.2. The van der Waals surface area contributed by atoms with Crippen molar-refractivity contribution in [3.63, 3.8) is 0 Å². The maximum absolute atomic E-state index is 13.9. The van der Waals surface area contributed by atoms with Gasteiger partial charge in [0.15, 0.2) is 45.7 Å². The van der Waals surface area contributed by atoms with Gasteiger partial charge < -0.3 is 59.2 Å². The van der Waals surface area contributed by atoms with Crippen LogP contribution in [0.1, 0.15) is 116 Å². The average molecular weight is 1150 g/mol. The molecule has 8 bridgehead atoms. The molecule has 14 rings (SSSR count). The van der Waals surface area contributed by atoms with E-state index < -0.39 is 78.5 Å². The van der Waals surface area contributed by atoms with Crippen LogP contribution in [0.3, 0.4) is 0 Å². The van der Waals surface area contributed by atoms with Gasteiger partial charge in [0.05, 0.1) is 25.9 Å². The molecule has 5 N–H and O–H groups in total. The molecule has 2 aliphatic heterocycles. The maximum atomic E-state index is 13.9. The van der Waals surface area contributed by atoms with Gasteiger partial charge in [0, 0.05) is 35.3 Å². The highest BCUT2D eigenvalue weighted by molar-refractivity contribution is 6.61. The van der Waals surface area contributed by atoms with Crippen molar-refractivity contribution in [1.82, 2.24) is 39.0 Å². The van der Waals surface area contributed by atoms with E-state index in [2.05, 4.69) is 46.5 Å². The van der Waals surface area contributed by atoms with Crippen LogP contribution >= 0.6 is 11.6 Å². The molecule has 10 fully saturated rings. The van der Waals surface area contributed by atoms with E-state index in [4.69, 9.17) is 73.8 Å². The Balaban J connectivity index is 0.000000166. The summed E-state index contributed by atoms with van der Waals surface area (Å²) < 4.78 is 79.1. The molecule has 2 saturated heterocycles. The summed E-state index contributed by atoms with van der Waals surface area (Å²) in [6, 6.07) is 0. The van der Waals surface area contributed by atoms with Crippen molar-refractivity contribution in [3.8, 4) is 24.7 Å². The summed E-state index contributed by atoms with van der Waals surface area (Å²) in [5.74, 6) is 9.05. The number of aliphatic hydroxyl groups is 1. The molecule has 6 heterocycles. The number of ether oxygens (including phenoxy) is 9. The minimum absolute atomic E-state index is 0.00564. The van der Waals surface area contributed by atoms with Crippen LogP contribution in [0.25, 0.3) is 22.3 Å². The molecule has 6 atom stereocenters. The first kappa shape index (κ1) is 57.4. The third-order valence-electron chi connectivity index (χ3n) is 17.4. The van der Waals surface area contributed by atoms with Crippen LogP contribution in [0.4, 0.5) is 39.6 Å². The number of aromatic nitrogens is 8. The molecule has 24 nitrogen and oxygen atoms in total. The molecule has 0 radical (unpaired) electrons. The standard InChI is InChI=1S/C27H32FN5O7.C24H28FN5O5.C3H5ClO2/c1-3-27(13-38-24(34)37-12-26-9-15-5-16(10-26)7-17(6-15)11-26)18(39-25(35)36-4-2)8-19(40-27)33-14-30-20-21(29)31-23(28)32-22(20)33;1-2-24(11-34-22(32)33-10-23-7-13-3-14(8-23)5-15(4-13)9-23)16(31)6-17(35-24)30-12-27-18-19(26)28-21(25)29-20(18)30;1-2-6-3(4)5/h1,14-19H,4-13H2,2H3,(H2,29,31,32);1,12-17,31H,3-11H2,(H2,26,28,29);2H2,1H3/t15?,16?,17?,18-,19+,26?,27+;13?,14?,15?,16-,17+,23?,24+;/m00./s1. The number of carbonyl (C=O) groups is 4. The van der Waals surface area contributed by atoms with Gasteiger partial charge in [-0.2, -0.15) is 28.7 Å². The van der Waals surface area contributed by atoms with Crippen molar-refractivity contribution in [2.75, 3.05) is 51.1 Å². The van der Waals surface area contributed by atoms with Crippen LogP contribution in [0.5, 0.6) is 0 Å². The number of nitrogens with zero attached hydrogens (tertiary/aromatic N) is 8. The summed E-state index contributed by atoms with van der Waals surface area (Å²) in [6.45, 7) is 3.55. The van der Waals surface area contributed by atoms with Gasteiger partial charge in [-0.05, 0) is 126 Å². The van der Waals surface area contributed by atoms with Gasteiger partial charge in [-0.1, -0.05) is 11.8 Å². The first-order valence-electron chi connectivity index (χ1n) is 27.3. The van der Waals surface area contributed by atoms with Gasteiger partial charge in [0.1, 0.15) is 45.0 Å². The number of imidazole rings is 2. The molecule has 4 aromatic rings. The zero-order chi connectivity index (χ0) is 57.4. The largest absolute Gasteiger partial charge is 0.508 e. The highest BCUT2D eigenvalue weighted by Gasteiger charge is 2.56. The average Bonchev–Trinajstić information content (AvgIpc) is 4.22. The van der Waals surface area contributed by atoms with E-state index in [9.17, 15) is 33.1 Å². The Kier molecular flexibility index (Phi) is 16.4. The van der Waals surface area contributed by atoms with Crippen molar-refractivity contribution in [3.05, 3.63) is 24.8 Å². The zero-order valence-electron chi connectivity index (χ0n) is 44.8. The number of nitrogens with two attached hydrogens (primary N) is 2. The van der Waals surface area contributed by atoms with Crippen LogP contribution in [-0.2, 0) is 42.6 Å². The lowest BCUT2D eigenvalue weighted by molar-refractivity contribution is -0.115. The monoisotopic (exact) mass is 1150 g/mol. The van der Waals surface area contributed by atoms with Crippen molar-refractivity contribution in [1.29, 1.82) is 0 Å². The van der Waals surface area contributed by atoms with Crippen molar-refractivity contribution in [2.24, 2.45) is 46.3 Å². The minimum atomic E-state index is -1.69. The smallest absolute Gasteiger partial charge is 0.454 e. The second-order valence-corrected chi connectivity index (χ2v) is 23.4. The Morgan fingerprint density at radius 1 is 0.617 bits per heavy atom. The summed E-state index contributed by atoms with van der Waals surface area (Å²) >= 11 is 4.72. The SMILES string of the molecule is C#C[C@]1(COC(=O)OCC23CC4CC(CC(C4)C2)C3)O[C@@H](n2cnc3c(N)nc(F)nc32)C[C@@H]1O.C#C[C@]1(COC(=O)OCC23CC4CC(CC(C4)C2)C3)O[C@@H](n2cnc3c(N)nc(F)nc32)C[C@@H]1OC(=O)OCC.CCOC(=O)Cl. The molecule has 0 aromatic carbocycles. The van der Waals surface area contributed by atoms with Gasteiger partial charge in [-0.25, -0.2) is 29.1 Å². The number of rotatable bonds is 13. The highest BCUT2D eigenvalue weighted by atomic mass is 35.5. The lowest BCUT2D eigenvalue weighted by Crippen LogP contribution is -2.48. The molecule has 0 amide bonds. The Hall–Kier alpha value is -6.87. The first-order chi connectivity index (χ1) is 38.8. The third kappa shape index (κ3) is 12.1. The number of hydrogen-bond donors (Lipinski definition) is 3. The number of anilines is 2. The van der Waals surface area contributed by atoms with Crippen LogP contribution in [-0.4, -0.2) is 131 Å². The van der Waals surface area contributed by atoms with Crippen LogP contribution in [0.2, 0.25) is 0 Å². The molecule has 81 heavy (non-hydrogen) atoms. The van der Waals surface area contributed by atoms with Gasteiger partial charge in [0.2, 0.25) is 5.60 Å². The molecular weight excluding hydrogens is 1090 g/mol. The highest BCUT2D eigenvalue weighted by Crippen LogP contribution is 2.61. The van der Waals surface area contributed by atoms with E-state index in [1.807, 2.05) is 0 Å². The van der Waals surface area contributed by atoms with Crippen molar-refractivity contribution >= 4 is 69.5 Å². The second-order valence-electron chi connectivity index (χ2n) is 23.1.